The number of nitrogens with zero attached hydrogens (tertiary/aromatic N) is 3. The van der Waals surface area contributed by atoms with E-state index in [9.17, 15) is 4.79 Å². The Hall–Kier alpha value is -2.31. The third kappa shape index (κ3) is 4.82. The number of nitrogens with one attached hydrogen (secondary N) is 1. The van der Waals surface area contributed by atoms with Crippen molar-refractivity contribution in [1.82, 2.24) is 20.2 Å². The van der Waals surface area contributed by atoms with Gasteiger partial charge in [0.25, 0.3) is 5.91 Å². The standard InChI is InChI=1S/C23H25BrN4O/c1-16(15-28-11-3-2-4-12-28)26-23(29)20-14-22(17-7-9-25-10-8-17)27-21-6-5-18(24)13-19(20)21/h5-10,13-14,16H,2-4,11-12,15H2,1H3,(H,26,29)/t16-/m1/s1. The van der Waals surface area contributed by atoms with Crippen molar-refractivity contribution in [3.63, 3.8) is 0 Å². The van der Waals surface area contributed by atoms with Gasteiger partial charge in [-0.05, 0) is 69.3 Å². The summed E-state index contributed by atoms with van der Waals surface area (Å²) >= 11 is 3.52. The van der Waals surface area contributed by atoms with Crippen LogP contribution in [0, 0.1) is 0 Å². The van der Waals surface area contributed by atoms with Gasteiger partial charge < -0.3 is 10.2 Å². The maximum absolute atomic E-state index is 13.2. The number of likely N-dealkylation sites (tertiary alicyclic amines) is 1. The SMILES string of the molecule is C[C@H](CN1CCCCC1)NC(=O)c1cc(-c2ccncc2)nc2ccc(Br)cc12. The van der Waals surface area contributed by atoms with E-state index in [-0.39, 0.29) is 11.9 Å². The first-order valence-corrected chi connectivity index (χ1v) is 10.9. The van der Waals surface area contributed by atoms with Crippen molar-refractivity contribution < 1.29 is 4.79 Å². The van der Waals surface area contributed by atoms with Gasteiger partial charge in [0.15, 0.2) is 0 Å². The van der Waals surface area contributed by atoms with Crippen LogP contribution in [-0.2, 0) is 0 Å². The number of fused-ring (bicyclic) bond motifs is 1. The molecule has 1 aliphatic rings. The second kappa shape index (κ2) is 9.01. The maximum Gasteiger partial charge on any atom is 0.252 e. The van der Waals surface area contributed by atoms with Crippen LogP contribution in [0.5, 0.6) is 0 Å². The Morgan fingerprint density at radius 1 is 1.14 bits per heavy atom. The number of carbonyl (C=O) groups is 1. The number of carbonyl (C=O) groups excluding carboxylic acids is 1. The largest absolute Gasteiger partial charge is 0.348 e. The summed E-state index contributed by atoms with van der Waals surface area (Å²) in [5.74, 6) is -0.0599. The van der Waals surface area contributed by atoms with Gasteiger partial charge in [0.2, 0.25) is 0 Å². The van der Waals surface area contributed by atoms with E-state index >= 15 is 0 Å². The molecular formula is C23H25BrN4O. The molecule has 6 heteroatoms. The van der Waals surface area contributed by atoms with Gasteiger partial charge in [0, 0.05) is 40.4 Å². The first-order valence-electron chi connectivity index (χ1n) is 10.1. The lowest BCUT2D eigenvalue weighted by molar-refractivity contribution is 0.0927. The molecule has 0 bridgehead atoms. The van der Waals surface area contributed by atoms with E-state index in [4.69, 9.17) is 4.98 Å². The van der Waals surface area contributed by atoms with Gasteiger partial charge in [-0.25, -0.2) is 4.98 Å². The zero-order chi connectivity index (χ0) is 20.2. The molecule has 1 fully saturated rings. The zero-order valence-electron chi connectivity index (χ0n) is 16.6. The van der Waals surface area contributed by atoms with Crippen molar-refractivity contribution in [2.75, 3.05) is 19.6 Å². The summed E-state index contributed by atoms with van der Waals surface area (Å²) in [7, 11) is 0. The molecule has 2 aromatic heterocycles. The smallest absolute Gasteiger partial charge is 0.252 e. The lowest BCUT2D eigenvalue weighted by Gasteiger charge is -2.29. The Morgan fingerprint density at radius 3 is 2.66 bits per heavy atom. The highest BCUT2D eigenvalue weighted by Gasteiger charge is 2.18. The van der Waals surface area contributed by atoms with Crippen molar-refractivity contribution in [1.29, 1.82) is 0 Å². The number of halogens is 1. The first kappa shape index (κ1) is 20.0. The van der Waals surface area contributed by atoms with Crippen LogP contribution in [0.3, 0.4) is 0 Å². The zero-order valence-corrected chi connectivity index (χ0v) is 18.2. The third-order valence-electron chi connectivity index (χ3n) is 5.35. The molecule has 1 saturated heterocycles. The normalized spacial score (nSPS) is 15.9. The average Bonchev–Trinajstić information content (AvgIpc) is 2.74. The lowest BCUT2D eigenvalue weighted by atomic mass is 10.0. The lowest BCUT2D eigenvalue weighted by Crippen LogP contribution is -2.43. The molecule has 1 aromatic carbocycles. The molecule has 0 radical (unpaired) electrons. The van der Waals surface area contributed by atoms with Crippen LogP contribution in [-0.4, -0.2) is 46.5 Å². The summed E-state index contributed by atoms with van der Waals surface area (Å²) < 4.78 is 0.930. The molecule has 4 rings (SSSR count). The summed E-state index contributed by atoms with van der Waals surface area (Å²) in [4.78, 5) is 24.5. The predicted molar refractivity (Wildman–Crippen MR) is 120 cm³/mol. The van der Waals surface area contributed by atoms with Crippen molar-refractivity contribution in [3.05, 3.63) is 58.8 Å². The van der Waals surface area contributed by atoms with E-state index in [0.717, 1.165) is 46.3 Å². The number of amides is 1. The molecule has 0 saturated carbocycles. The van der Waals surface area contributed by atoms with Crippen molar-refractivity contribution in [3.8, 4) is 11.3 Å². The number of aromatic nitrogens is 2. The molecule has 1 aliphatic heterocycles. The molecule has 3 heterocycles. The highest BCUT2D eigenvalue weighted by molar-refractivity contribution is 9.10. The number of hydrogen-bond acceptors (Lipinski definition) is 4. The maximum atomic E-state index is 13.2. The number of hydrogen-bond donors (Lipinski definition) is 1. The summed E-state index contributed by atoms with van der Waals surface area (Å²) in [5.41, 5.74) is 3.17. The fourth-order valence-corrected chi connectivity index (χ4v) is 4.29. The quantitative estimate of drug-likeness (QED) is 0.611. The minimum Gasteiger partial charge on any atom is -0.348 e. The average molecular weight is 453 g/mol. The van der Waals surface area contributed by atoms with Gasteiger partial charge in [-0.2, -0.15) is 0 Å². The van der Waals surface area contributed by atoms with Crippen LogP contribution in [0.25, 0.3) is 22.2 Å². The summed E-state index contributed by atoms with van der Waals surface area (Å²) in [6, 6.07) is 11.6. The predicted octanol–water partition coefficient (Wildman–Crippen LogP) is 4.66. The van der Waals surface area contributed by atoms with Crippen LogP contribution in [0.15, 0.2) is 53.3 Å². The Labute approximate surface area is 179 Å². The molecule has 3 aromatic rings. The Balaban J connectivity index is 1.63. The fraction of sp³-hybridized carbons (Fsp3) is 0.348. The number of benzene rings is 1. The monoisotopic (exact) mass is 452 g/mol. The Bertz CT molecular complexity index is 1000. The highest BCUT2D eigenvalue weighted by Crippen LogP contribution is 2.27. The minimum atomic E-state index is -0.0599. The van der Waals surface area contributed by atoms with Gasteiger partial charge in [0.05, 0.1) is 16.8 Å². The fourth-order valence-electron chi connectivity index (χ4n) is 3.93. The van der Waals surface area contributed by atoms with Crippen molar-refractivity contribution >= 4 is 32.7 Å². The van der Waals surface area contributed by atoms with E-state index in [1.54, 1.807) is 12.4 Å². The molecule has 1 N–H and O–H groups in total. The summed E-state index contributed by atoms with van der Waals surface area (Å²) in [6.07, 6.45) is 7.29. The van der Waals surface area contributed by atoms with Crippen LogP contribution in [0.1, 0.15) is 36.5 Å². The van der Waals surface area contributed by atoms with Crippen LogP contribution < -0.4 is 5.32 Å². The number of rotatable bonds is 5. The van der Waals surface area contributed by atoms with Crippen LogP contribution >= 0.6 is 15.9 Å². The van der Waals surface area contributed by atoms with Gasteiger partial charge in [-0.3, -0.25) is 9.78 Å². The van der Waals surface area contributed by atoms with Crippen LogP contribution in [0.4, 0.5) is 0 Å². The molecule has 29 heavy (non-hydrogen) atoms. The number of pyridine rings is 2. The van der Waals surface area contributed by atoms with E-state index in [2.05, 4.69) is 38.1 Å². The van der Waals surface area contributed by atoms with Gasteiger partial charge in [-0.15, -0.1) is 0 Å². The molecule has 5 nitrogen and oxygen atoms in total. The molecular weight excluding hydrogens is 428 g/mol. The van der Waals surface area contributed by atoms with E-state index in [0.29, 0.717) is 5.56 Å². The van der Waals surface area contributed by atoms with Crippen molar-refractivity contribution in [2.45, 2.75) is 32.2 Å². The molecule has 150 valence electrons. The third-order valence-corrected chi connectivity index (χ3v) is 5.84. The van der Waals surface area contributed by atoms with Crippen molar-refractivity contribution in [2.24, 2.45) is 0 Å². The summed E-state index contributed by atoms with van der Waals surface area (Å²) in [6.45, 7) is 5.21. The topological polar surface area (TPSA) is 58.1 Å². The molecule has 0 spiro atoms. The molecule has 1 amide bonds. The highest BCUT2D eigenvalue weighted by atomic mass is 79.9. The second-order valence-electron chi connectivity index (χ2n) is 7.69. The van der Waals surface area contributed by atoms with E-state index in [1.807, 2.05) is 36.4 Å². The second-order valence-corrected chi connectivity index (χ2v) is 8.60. The molecule has 0 aliphatic carbocycles. The molecule has 0 unspecified atom stereocenters. The Morgan fingerprint density at radius 2 is 1.90 bits per heavy atom. The summed E-state index contributed by atoms with van der Waals surface area (Å²) in [5, 5.41) is 4.04. The Kier molecular flexibility index (Phi) is 6.21. The molecule has 1 atom stereocenters. The minimum absolute atomic E-state index is 0.0599. The number of piperidine rings is 1. The van der Waals surface area contributed by atoms with Gasteiger partial charge >= 0.3 is 0 Å². The van der Waals surface area contributed by atoms with Gasteiger partial charge in [0.1, 0.15) is 0 Å². The first-order chi connectivity index (χ1) is 14.1. The van der Waals surface area contributed by atoms with Crippen LogP contribution in [0.2, 0.25) is 0 Å². The van der Waals surface area contributed by atoms with Gasteiger partial charge in [-0.1, -0.05) is 22.4 Å². The van der Waals surface area contributed by atoms with E-state index in [1.165, 1.54) is 19.3 Å². The van der Waals surface area contributed by atoms with E-state index < -0.39 is 0 Å².